The van der Waals surface area contributed by atoms with E-state index >= 15 is 0 Å². The van der Waals surface area contributed by atoms with Gasteiger partial charge in [0, 0.05) is 18.0 Å². The van der Waals surface area contributed by atoms with Crippen LogP contribution in [0, 0.1) is 6.92 Å². The summed E-state index contributed by atoms with van der Waals surface area (Å²) in [5, 5.41) is 17.2. The van der Waals surface area contributed by atoms with E-state index in [1.165, 1.54) is 4.68 Å². The number of nitrogens with one attached hydrogen (secondary N) is 1. The van der Waals surface area contributed by atoms with E-state index in [9.17, 15) is 9.59 Å². The minimum atomic E-state index is -0.264. The van der Waals surface area contributed by atoms with Gasteiger partial charge in [-0.3, -0.25) is 9.59 Å². The first-order valence-electron chi connectivity index (χ1n) is 7.39. The van der Waals surface area contributed by atoms with E-state index in [2.05, 4.69) is 10.4 Å². The summed E-state index contributed by atoms with van der Waals surface area (Å²) in [6.45, 7) is 3.69. The van der Waals surface area contributed by atoms with Gasteiger partial charge in [0.15, 0.2) is 0 Å². The number of aliphatic hydroxyl groups excluding tert-OH is 1. The molecule has 1 heterocycles. The molecule has 1 aromatic heterocycles. The first-order chi connectivity index (χ1) is 10.5. The number of carbonyl (C=O) groups is 1. The summed E-state index contributed by atoms with van der Waals surface area (Å²) in [5.41, 5.74) is 0.454. The van der Waals surface area contributed by atoms with Gasteiger partial charge < -0.3 is 10.4 Å². The van der Waals surface area contributed by atoms with Gasteiger partial charge in [-0.05, 0) is 32.8 Å². The number of amides is 1. The molecule has 1 amide bonds. The van der Waals surface area contributed by atoms with E-state index in [0.717, 1.165) is 11.1 Å². The Balaban J connectivity index is 2.16. The van der Waals surface area contributed by atoms with Crippen LogP contribution < -0.4 is 10.9 Å². The highest BCUT2D eigenvalue weighted by atomic mass is 16.3. The van der Waals surface area contributed by atoms with Gasteiger partial charge in [0.05, 0.1) is 11.1 Å². The number of hydrogen-bond acceptors (Lipinski definition) is 4. The molecule has 0 saturated heterocycles. The Bertz CT molecular complexity index is 724. The first kappa shape index (κ1) is 16.2. The molecule has 0 bridgehead atoms. The van der Waals surface area contributed by atoms with E-state index in [1.54, 1.807) is 12.1 Å². The summed E-state index contributed by atoms with van der Waals surface area (Å²) in [6, 6.07) is 7.20. The third-order valence-electron chi connectivity index (χ3n) is 3.55. The average Bonchev–Trinajstić information content (AvgIpc) is 2.50. The molecule has 2 N–H and O–H groups in total. The highest BCUT2D eigenvalue weighted by Crippen LogP contribution is 2.11. The van der Waals surface area contributed by atoms with Crippen molar-refractivity contribution in [2.24, 2.45) is 0 Å². The van der Waals surface area contributed by atoms with Crippen LogP contribution in [-0.4, -0.2) is 33.4 Å². The predicted octanol–water partition coefficient (Wildman–Crippen LogP) is 0.982. The van der Waals surface area contributed by atoms with E-state index < -0.39 is 0 Å². The summed E-state index contributed by atoms with van der Waals surface area (Å²) in [7, 11) is 0. The molecule has 0 aliphatic heterocycles. The van der Waals surface area contributed by atoms with Gasteiger partial charge in [-0.2, -0.15) is 5.10 Å². The van der Waals surface area contributed by atoms with Gasteiger partial charge in [0.1, 0.15) is 6.54 Å². The largest absolute Gasteiger partial charge is 0.396 e. The highest BCUT2D eigenvalue weighted by molar-refractivity contribution is 5.83. The van der Waals surface area contributed by atoms with Crippen LogP contribution >= 0.6 is 0 Å². The predicted molar refractivity (Wildman–Crippen MR) is 84.7 cm³/mol. The van der Waals surface area contributed by atoms with Crippen molar-refractivity contribution in [1.82, 2.24) is 15.1 Å². The van der Waals surface area contributed by atoms with Gasteiger partial charge in [0.2, 0.25) is 5.91 Å². The third kappa shape index (κ3) is 3.71. The van der Waals surface area contributed by atoms with E-state index in [-0.39, 0.29) is 30.7 Å². The lowest BCUT2D eigenvalue weighted by atomic mass is 10.1. The Kier molecular flexibility index (Phi) is 5.27. The molecule has 1 atom stereocenters. The van der Waals surface area contributed by atoms with Crippen molar-refractivity contribution in [3.8, 4) is 0 Å². The number of rotatable bonds is 6. The zero-order chi connectivity index (χ0) is 16.1. The Morgan fingerprint density at radius 2 is 2.05 bits per heavy atom. The summed E-state index contributed by atoms with van der Waals surface area (Å²) in [4.78, 5) is 24.4. The Hall–Kier alpha value is -2.21. The van der Waals surface area contributed by atoms with Crippen LogP contribution in [0.15, 0.2) is 29.1 Å². The van der Waals surface area contributed by atoms with Crippen LogP contribution in [0.1, 0.15) is 25.5 Å². The molecule has 0 radical (unpaired) electrons. The molecule has 0 spiro atoms. The fourth-order valence-corrected chi connectivity index (χ4v) is 2.44. The average molecular weight is 303 g/mol. The maximum absolute atomic E-state index is 12.4. The SMILES string of the molecule is Cc1nn(CC(=O)NC(C)CCCO)c(=O)c2ccccc12. The molecule has 1 unspecified atom stereocenters. The number of benzene rings is 1. The number of carbonyl (C=O) groups excluding carboxylic acids is 1. The molecule has 118 valence electrons. The summed E-state index contributed by atoms with van der Waals surface area (Å²) in [6.07, 6.45) is 1.33. The molecule has 0 saturated carbocycles. The second-order valence-electron chi connectivity index (χ2n) is 5.43. The van der Waals surface area contributed by atoms with Gasteiger partial charge in [-0.15, -0.1) is 0 Å². The molecule has 0 aliphatic carbocycles. The van der Waals surface area contributed by atoms with Crippen LogP contribution in [0.4, 0.5) is 0 Å². The second-order valence-corrected chi connectivity index (χ2v) is 5.43. The number of fused-ring (bicyclic) bond motifs is 1. The van der Waals surface area contributed by atoms with Crippen LogP contribution in [0.2, 0.25) is 0 Å². The fourth-order valence-electron chi connectivity index (χ4n) is 2.44. The summed E-state index contributed by atoms with van der Waals surface area (Å²) >= 11 is 0. The molecule has 2 aromatic rings. The van der Waals surface area contributed by atoms with Crippen LogP contribution in [0.25, 0.3) is 10.8 Å². The van der Waals surface area contributed by atoms with E-state index in [1.807, 2.05) is 26.0 Å². The lowest BCUT2D eigenvalue weighted by Gasteiger charge is -2.14. The van der Waals surface area contributed by atoms with Gasteiger partial charge in [-0.1, -0.05) is 18.2 Å². The molecule has 2 rings (SSSR count). The lowest BCUT2D eigenvalue weighted by molar-refractivity contribution is -0.122. The minimum Gasteiger partial charge on any atom is -0.396 e. The number of aryl methyl sites for hydroxylation is 1. The Morgan fingerprint density at radius 1 is 1.36 bits per heavy atom. The van der Waals surface area contributed by atoms with Gasteiger partial charge in [-0.25, -0.2) is 4.68 Å². The number of hydrogen-bond donors (Lipinski definition) is 2. The van der Waals surface area contributed by atoms with Gasteiger partial charge >= 0.3 is 0 Å². The quantitative estimate of drug-likeness (QED) is 0.833. The molecular weight excluding hydrogens is 282 g/mol. The van der Waals surface area contributed by atoms with Crippen molar-refractivity contribution in [3.05, 3.63) is 40.3 Å². The lowest BCUT2D eigenvalue weighted by Crippen LogP contribution is -2.38. The standard InChI is InChI=1S/C16H21N3O3/c1-11(6-5-9-20)17-15(21)10-19-16(22)14-8-4-3-7-13(14)12(2)18-19/h3-4,7-8,11,20H,5-6,9-10H2,1-2H3,(H,17,21). The van der Waals surface area contributed by atoms with Crippen molar-refractivity contribution in [2.75, 3.05) is 6.61 Å². The highest BCUT2D eigenvalue weighted by Gasteiger charge is 2.12. The van der Waals surface area contributed by atoms with Crippen LogP contribution in [-0.2, 0) is 11.3 Å². The first-order valence-corrected chi connectivity index (χ1v) is 7.39. The van der Waals surface area contributed by atoms with Crippen molar-refractivity contribution >= 4 is 16.7 Å². The molecule has 0 aliphatic rings. The number of nitrogens with zero attached hydrogens (tertiary/aromatic N) is 2. The monoisotopic (exact) mass is 303 g/mol. The van der Waals surface area contributed by atoms with Gasteiger partial charge in [0.25, 0.3) is 5.56 Å². The molecule has 0 fully saturated rings. The number of aliphatic hydroxyl groups is 1. The van der Waals surface area contributed by atoms with E-state index in [0.29, 0.717) is 18.2 Å². The fraction of sp³-hybridized carbons (Fsp3) is 0.438. The van der Waals surface area contributed by atoms with Crippen molar-refractivity contribution in [2.45, 2.75) is 39.3 Å². The molecular formula is C16H21N3O3. The second kappa shape index (κ2) is 7.17. The van der Waals surface area contributed by atoms with Crippen molar-refractivity contribution < 1.29 is 9.90 Å². The maximum atomic E-state index is 12.4. The van der Waals surface area contributed by atoms with Crippen molar-refractivity contribution in [1.29, 1.82) is 0 Å². The molecule has 1 aromatic carbocycles. The van der Waals surface area contributed by atoms with E-state index in [4.69, 9.17) is 5.11 Å². The summed E-state index contributed by atoms with van der Waals surface area (Å²) < 4.78 is 1.20. The normalized spacial score (nSPS) is 12.3. The smallest absolute Gasteiger partial charge is 0.275 e. The third-order valence-corrected chi connectivity index (χ3v) is 3.55. The summed E-state index contributed by atoms with van der Waals surface area (Å²) in [5.74, 6) is -0.255. The molecule has 22 heavy (non-hydrogen) atoms. The zero-order valence-corrected chi connectivity index (χ0v) is 12.9. The molecule has 6 nitrogen and oxygen atoms in total. The maximum Gasteiger partial charge on any atom is 0.275 e. The molecule has 6 heteroatoms. The Labute approximate surface area is 128 Å². The minimum absolute atomic E-state index is 0.0445. The topological polar surface area (TPSA) is 84.2 Å². The number of aromatic nitrogens is 2. The Morgan fingerprint density at radius 3 is 2.73 bits per heavy atom. The van der Waals surface area contributed by atoms with Crippen LogP contribution in [0.3, 0.4) is 0 Å². The van der Waals surface area contributed by atoms with Crippen LogP contribution in [0.5, 0.6) is 0 Å². The zero-order valence-electron chi connectivity index (χ0n) is 12.9. The van der Waals surface area contributed by atoms with Crippen molar-refractivity contribution in [3.63, 3.8) is 0 Å².